The average Bonchev–Trinajstić information content (AvgIpc) is 3.10. The summed E-state index contributed by atoms with van der Waals surface area (Å²) in [6.45, 7) is 3.60. The highest BCUT2D eigenvalue weighted by Gasteiger charge is 2.51. The number of halogens is 1. The summed E-state index contributed by atoms with van der Waals surface area (Å²) in [5.41, 5.74) is 2.66. The Morgan fingerprint density at radius 1 is 1.03 bits per heavy atom. The molecule has 0 radical (unpaired) electrons. The third kappa shape index (κ3) is 4.41. The Morgan fingerprint density at radius 2 is 1.70 bits per heavy atom. The topological polar surface area (TPSA) is 61.4 Å². The van der Waals surface area contributed by atoms with Crippen molar-refractivity contribution >= 4 is 11.8 Å². The minimum atomic E-state index is -0.417. The molecule has 5 nitrogen and oxygen atoms in total. The van der Waals surface area contributed by atoms with E-state index in [4.69, 9.17) is 0 Å². The van der Waals surface area contributed by atoms with Crippen molar-refractivity contribution in [1.82, 2.24) is 15.5 Å². The highest BCUT2D eigenvalue weighted by atomic mass is 19.1. The Kier molecular flexibility index (Phi) is 6.19. The lowest BCUT2D eigenvalue weighted by molar-refractivity contribution is -0.130. The number of rotatable bonds is 6. The van der Waals surface area contributed by atoms with Gasteiger partial charge in [0.25, 0.3) is 5.91 Å². The normalized spacial score (nSPS) is 22.7. The number of amides is 2. The summed E-state index contributed by atoms with van der Waals surface area (Å²) >= 11 is 0. The van der Waals surface area contributed by atoms with Crippen molar-refractivity contribution in [2.24, 2.45) is 5.41 Å². The van der Waals surface area contributed by atoms with Crippen LogP contribution in [0.3, 0.4) is 0 Å². The van der Waals surface area contributed by atoms with Crippen LogP contribution in [-0.2, 0) is 4.79 Å². The van der Waals surface area contributed by atoms with Crippen LogP contribution in [0.4, 0.5) is 4.39 Å². The van der Waals surface area contributed by atoms with Crippen LogP contribution in [0.2, 0.25) is 0 Å². The molecule has 6 heteroatoms. The molecule has 2 N–H and O–H groups in total. The number of carbonyl (C=O) groups is 2. The standard InChI is InChI=1S/C27H32FN3O2/c28-23-10-8-21(9-11-23)24-18-30-26(33)27(24)12-15-31(16-13-27)17-14-29-25(32)22-6-4-20(5-7-22)19-2-1-3-19/h4-11,19,24H,1-3,12-18H2,(H,29,32)(H,30,33). The van der Waals surface area contributed by atoms with E-state index in [1.165, 1.54) is 37.0 Å². The summed E-state index contributed by atoms with van der Waals surface area (Å²) in [5.74, 6) is 0.589. The van der Waals surface area contributed by atoms with Crippen LogP contribution in [0.5, 0.6) is 0 Å². The quantitative estimate of drug-likeness (QED) is 0.705. The van der Waals surface area contributed by atoms with E-state index in [1.54, 1.807) is 0 Å². The first-order chi connectivity index (χ1) is 16.0. The van der Waals surface area contributed by atoms with Crippen molar-refractivity contribution in [2.45, 2.75) is 43.9 Å². The van der Waals surface area contributed by atoms with E-state index in [9.17, 15) is 14.0 Å². The SMILES string of the molecule is O=C(NCCN1CCC2(CC1)C(=O)NCC2c1ccc(F)cc1)c1ccc(C2CCC2)cc1. The van der Waals surface area contributed by atoms with Crippen LogP contribution in [0, 0.1) is 11.2 Å². The van der Waals surface area contributed by atoms with Crippen molar-refractivity contribution in [3.8, 4) is 0 Å². The maximum absolute atomic E-state index is 13.4. The lowest BCUT2D eigenvalue weighted by atomic mass is 9.68. The monoisotopic (exact) mass is 449 g/mol. The molecular formula is C27H32FN3O2. The summed E-state index contributed by atoms with van der Waals surface area (Å²) < 4.78 is 13.4. The van der Waals surface area contributed by atoms with Gasteiger partial charge in [-0.2, -0.15) is 0 Å². The highest BCUT2D eigenvalue weighted by Crippen LogP contribution is 2.47. The first-order valence-corrected chi connectivity index (χ1v) is 12.2. The molecule has 3 fully saturated rings. The average molecular weight is 450 g/mol. The number of nitrogens with one attached hydrogen (secondary N) is 2. The van der Waals surface area contributed by atoms with E-state index in [-0.39, 0.29) is 23.5 Å². The lowest BCUT2D eigenvalue weighted by Crippen LogP contribution is -2.47. The summed E-state index contributed by atoms with van der Waals surface area (Å²) in [4.78, 5) is 27.6. The van der Waals surface area contributed by atoms with E-state index < -0.39 is 5.41 Å². The molecule has 2 amide bonds. The first kappa shape index (κ1) is 22.1. The van der Waals surface area contributed by atoms with E-state index in [1.807, 2.05) is 24.3 Å². The molecule has 5 rings (SSSR count). The van der Waals surface area contributed by atoms with Crippen molar-refractivity contribution in [2.75, 3.05) is 32.7 Å². The Hall–Kier alpha value is -2.73. The number of likely N-dealkylation sites (tertiary alicyclic amines) is 1. The summed E-state index contributed by atoms with van der Waals surface area (Å²) in [5, 5.41) is 6.08. The van der Waals surface area contributed by atoms with Gasteiger partial charge >= 0.3 is 0 Å². The fourth-order valence-corrected chi connectivity index (χ4v) is 5.69. The fourth-order valence-electron chi connectivity index (χ4n) is 5.69. The minimum Gasteiger partial charge on any atom is -0.355 e. The van der Waals surface area contributed by atoms with Gasteiger partial charge in [0, 0.05) is 31.1 Å². The van der Waals surface area contributed by atoms with Crippen LogP contribution in [0.1, 0.15) is 65.4 Å². The molecule has 1 aliphatic carbocycles. The molecule has 3 aliphatic rings. The number of hydrogen-bond acceptors (Lipinski definition) is 3. The Morgan fingerprint density at radius 3 is 2.33 bits per heavy atom. The number of carbonyl (C=O) groups excluding carboxylic acids is 2. The first-order valence-electron chi connectivity index (χ1n) is 12.2. The van der Waals surface area contributed by atoms with Crippen molar-refractivity contribution in [3.05, 3.63) is 71.0 Å². The second kappa shape index (κ2) is 9.26. The molecule has 1 saturated carbocycles. The van der Waals surface area contributed by atoms with Crippen LogP contribution in [0.25, 0.3) is 0 Å². The molecule has 0 aromatic heterocycles. The van der Waals surface area contributed by atoms with Gasteiger partial charge in [0.1, 0.15) is 5.82 Å². The van der Waals surface area contributed by atoms with Crippen molar-refractivity contribution in [3.63, 3.8) is 0 Å². The van der Waals surface area contributed by atoms with Gasteiger partial charge in [0.2, 0.25) is 5.91 Å². The van der Waals surface area contributed by atoms with E-state index in [0.717, 1.165) is 38.0 Å². The zero-order valence-corrected chi connectivity index (χ0v) is 19.0. The molecule has 174 valence electrons. The number of benzene rings is 2. The molecule has 2 aromatic rings. The zero-order chi connectivity index (χ0) is 22.8. The number of hydrogen-bond donors (Lipinski definition) is 2. The van der Waals surface area contributed by atoms with Gasteiger partial charge in [-0.05, 0) is 80.1 Å². The van der Waals surface area contributed by atoms with Gasteiger partial charge in [-0.1, -0.05) is 30.7 Å². The van der Waals surface area contributed by atoms with E-state index in [0.29, 0.717) is 24.6 Å². The van der Waals surface area contributed by atoms with E-state index in [2.05, 4.69) is 27.7 Å². The smallest absolute Gasteiger partial charge is 0.251 e. The molecular weight excluding hydrogens is 417 g/mol. The summed E-state index contributed by atoms with van der Waals surface area (Å²) in [7, 11) is 0. The van der Waals surface area contributed by atoms with Gasteiger partial charge in [-0.3, -0.25) is 9.59 Å². The van der Waals surface area contributed by atoms with Gasteiger partial charge in [0.05, 0.1) is 5.41 Å². The van der Waals surface area contributed by atoms with Gasteiger partial charge in [-0.25, -0.2) is 4.39 Å². The van der Waals surface area contributed by atoms with Crippen molar-refractivity contribution in [1.29, 1.82) is 0 Å². The van der Waals surface area contributed by atoms with Crippen LogP contribution >= 0.6 is 0 Å². The van der Waals surface area contributed by atoms with E-state index >= 15 is 0 Å². The molecule has 2 heterocycles. The second-order valence-corrected chi connectivity index (χ2v) is 9.82. The lowest BCUT2D eigenvalue weighted by Gasteiger charge is -2.41. The number of nitrogens with zero attached hydrogens (tertiary/aromatic N) is 1. The molecule has 1 spiro atoms. The van der Waals surface area contributed by atoms with Gasteiger partial charge in [-0.15, -0.1) is 0 Å². The Balaban J connectivity index is 1.12. The Labute approximate surface area is 194 Å². The molecule has 2 aromatic carbocycles. The molecule has 1 unspecified atom stereocenters. The zero-order valence-electron chi connectivity index (χ0n) is 19.0. The maximum Gasteiger partial charge on any atom is 0.251 e. The van der Waals surface area contributed by atoms with Gasteiger partial charge < -0.3 is 15.5 Å². The predicted molar refractivity (Wildman–Crippen MR) is 126 cm³/mol. The Bertz CT molecular complexity index is 993. The molecule has 33 heavy (non-hydrogen) atoms. The molecule has 0 bridgehead atoms. The largest absolute Gasteiger partial charge is 0.355 e. The molecule has 1 atom stereocenters. The molecule has 2 saturated heterocycles. The van der Waals surface area contributed by atoms with Crippen LogP contribution in [0.15, 0.2) is 48.5 Å². The highest BCUT2D eigenvalue weighted by molar-refractivity contribution is 5.94. The summed E-state index contributed by atoms with van der Waals surface area (Å²) in [6.07, 6.45) is 5.38. The summed E-state index contributed by atoms with van der Waals surface area (Å²) in [6, 6.07) is 14.6. The second-order valence-electron chi connectivity index (χ2n) is 9.82. The minimum absolute atomic E-state index is 0.0322. The van der Waals surface area contributed by atoms with Crippen LogP contribution < -0.4 is 10.6 Å². The van der Waals surface area contributed by atoms with Crippen molar-refractivity contribution < 1.29 is 14.0 Å². The fraction of sp³-hybridized carbons (Fsp3) is 0.481. The van der Waals surface area contributed by atoms with Crippen LogP contribution in [-0.4, -0.2) is 49.4 Å². The number of piperidine rings is 1. The third-order valence-electron chi connectivity index (χ3n) is 8.07. The molecule has 2 aliphatic heterocycles. The van der Waals surface area contributed by atoms with Gasteiger partial charge in [0.15, 0.2) is 0 Å². The maximum atomic E-state index is 13.4. The third-order valence-corrected chi connectivity index (χ3v) is 8.07. The predicted octanol–water partition coefficient (Wildman–Crippen LogP) is 3.82.